The van der Waals surface area contributed by atoms with Gasteiger partial charge in [0.25, 0.3) is 0 Å². The van der Waals surface area contributed by atoms with Crippen LogP contribution in [0.2, 0.25) is 0 Å². The predicted molar refractivity (Wildman–Crippen MR) is 99.5 cm³/mol. The van der Waals surface area contributed by atoms with Crippen LogP contribution >= 0.6 is 0 Å². The SMILES string of the molecule is O=C1CC(C(=O)NCc2cccc(-c3ccccn3)n2)c2cccnc2N1. The molecule has 2 amide bonds. The molecule has 1 aliphatic heterocycles. The molecule has 1 aliphatic rings. The Balaban J connectivity index is 1.48. The van der Waals surface area contributed by atoms with Crippen LogP contribution in [0.25, 0.3) is 11.4 Å². The molecular formula is C20H17N5O2. The highest BCUT2D eigenvalue weighted by Gasteiger charge is 2.31. The van der Waals surface area contributed by atoms with E-state index in [-0.39, 0.29) is 24.8 Å². The smallest absolute Gasteiger partial charge is 0.228 e. The van der Waals surface area contributed by atoms with E-state index in [2.05, 4.69) is 25.6 Å². The van der Waals surface area contributed by atoms with E-state index in [4.69, 9.17) is 0 Å². The average molecular weight is 359 g/mol. The van der Waals surface area contributed by atoms with E-state index in [9.17, 15) is 9.59 Å². The van der Waals surface area contributed by atoms with Crippen LogP contribution in [0.5, 0.6) is 0 Å². The number of hydrogen-bond donors (Lipinski definition) is 2. The maximum absolute atomic E-state index is 12.7. The minimum Gasteiger partial charge on any atom is -0.350 e. The number of hydrogen-bond acceptors (Lipinski definition) is 5. The fraction of sp³-hybridized carbons (Fsp3) is 0.150. The lowest BCUT2D eigenvalue weighted by molar-refractivity contribution is -0.126. The van der Waals surface area contributed by atoms with Gasteiger partial charge < -0.3 is 10.6 Å². The zero-order chi connectivity index (χ0) is 18.6. The third-order valence-electron chi connectivity index (χ3n) is 4.36. The normalized spacial score (nSPS) is 15.6. The van der Waals surface area contributed by atoms with Crippen molar-refractivity contribution in [2.45, 2.75) is 18.9 Å². The van der Waals surface area contributed by atoms with Gasteiger partial charge in [0.1, 0.15) is 5.82 Å². The van der Waals surface area contributed by atoms with Gasteiger partial charge in [-0.3, -0.25) is 14.6 Å². The Hall–Kier alpha value is -3.61. The van der Waals surface area contributed by atoms with Gasteiger partial charge in [-0.25, -0.2) is 9.97 Å². The molecule has 3 aromatic rings. The number of pyridine rings is 3. The van der Waals surface area contributed by atoms with Crippen LogP contribution in [-0.2, 0) is 16.1 Å². The summed E-state index contributed by atoms with van der Waals surface area (Å²) in [5.41, 5.74) is 2.96. The van der Waals surface area contributed by atoms with Crippen molar-refractivity contribution >= 4 is 17.6 Å². The van der Waals surface area contributed by atoms with Crippen molar-refractivity contribution in [3.05, 3.63) is 72.2 Å². The molecule has 7 heteroatoms. The maximum Gasteiger partial charge on any atom is 0.228 e. The second kappa shape index (κ2) is 7.33. The number of aromatic nitrogens is 3. The molecule has 4 heterocycles. The Bertz CT molecular complexity index is 990. The second-order valence-electron chi connectivity index (χ2n) is 6.19. The lowest BCUT2D eigenvalue weighted by Crippen LogP contribution is -2.35. The van der Waals surface area contributed by atoms with Crippen LogP contribution in [-0.4, -0.2) is 26.8 Å². The number of anilines is 1. The molecule has 0 fully saturated rings. The summed E-state index contributed by atoms with van der Waals surface area (Å²) < 4.78 is 0. The van der Waals surface area contributed by atoms with Crippen molar-refractivity contribution in [2.24, 2.45) is 0 Å². The molecule has 7 nitrogen and oxygen atoms in total. The minimum atomic E-state index is -0.554. The first kappa shape index (κ1) is 16.8. The van der Waals surface area contributed by atoms with Crippen molar-refractivity contribution in [3.63, 3.8) is 0 Å². The van der Waals surface area contributed by atoms with E-state index in [0.29, 0.717) is 5.82 Å². The Morgan fingerprint density at radius 1 is 1.04 bits per heavy atom. The highest BCUT2D eigenvalue weighted by Crippen LogP contribution is 2.30. The number of nitrogens with zero attached hydrogens (tertiary/aromatic N) is 3. The summed E-state index contributed by atoms with van der Waals surface area (Å²) in [6.45, 7) is 0.271. The summed E-state index contributed by atoms with van der Waals surface area (Å²) in [4.78, 5) is 37.5. The number of amides is 2. The lowest BCUT2D eigenvalue weighted by Gasteiger charge is -2.23. The van der Waals surface area contributed by atoms with Gasteiger partial charge in [0.2, 0.25) is 11.8 Å². The fourth-order valence-corrected chi connectivity index (χ4v) is 3.05. The highest BCUT2D eigenvalue weighted by atomic mass is 16.2. The molecule has 1 atom stereocenters. The lowest BCUT2D eigenvalue weighted by atomic mass is 9.92. The molecule has 4 rings (SSSR count). The Morgan fingerprint density at radius 2 is 1.89 bits per heavy atom. The molecule has 0 bridgehead atoms. The van der Waals surface area contributed by atoms with Crippen LogP contribution in [0.1, 0.15) is 23.6 Å². The summed E-state index contributed by atoms with van der Waals surface area (Å²) in [7, 11) is 0. The average Bonchev–Trinajstić information content (AvgIpc) is 2.72. The molecule has 1 unspecified atom stereocenters. The summed E-state index contributed by atoms with van der Waals surface area (Å²) in [5, 5.41) is 5.57. The first-order chi connectivity index (χ1) is 13.2. The van der Waals surface area contributed by atoms with Crippen molar-refractivity contribution in [1.82, 2.24) is 20.3 Å². The predicted octanol–water partition coefficient (Wildman–Crippen LogP) is 2.28. The summed E-state index contributed by atoms with van der Waals surface area (Å²) in [5.74, 6) is -0.536. The first-order valence-corrected chi connectivity index (χ1v) is 8.60. The van der Waals surface area contributed by atoms with Gasteiger partial charge in [0, 0.05) is 24.4 Å². The Labute approximate surface area is 155 Å². The molecule has 3 aromatic heterocycles. The molecule has 0 radical (unpaired) electrons. The standard InChI is InChI=1S/C20H17N5O2/c26-18-11-15(14-6-4-10-22-19(14)25-18)20(27)23-12-13-5-3-8-17(24-13)16-7-1-2-9-21-16/h1-10,15H,11-12H2,(H,23,27)(H,22,25,26). The van der Waals surface area contributed by atoms with Crippen LogP contribution in [0.15, 0.2) is 60.9 Å². The van der Waals surface area contributed by atoms with Gasteiger partial charge in [-0.2, -0.15) is 0 Å². The maximum atomic E-state index is 12.7. The number of carbonyl (C=O) groups excluding carboxylic acids is 2. The van der Waals surface area contributed by atoms with Crippen LogP contribution in [0.4, 0.5) is 5.82 Å². The monoisotopic (exact) mass is 359 g/mol. The topological polar surface area (TPSA) is 96.9 Å². The van der Waals surface area contributed by atoms with Crippen molar-refractivity contribution in [2.75, 3.05) is 5.32 Å². The largest absolute Gasteiger partial charge is 0.350 e. The third-order valence-corrected chi connectivity index (χ3v) is 4.36. The molecule has 0 aromatic carbocycles. The molecule has 0 aliphatic carbocycles. The number of rotatable bonds is 4. The van der Waals surface area contributed by atoms with E-state index in [1.54, 1.807) is 18.5 Å². The van der Waals surface area contributed by atoms with Gasteiger partial charge in [0.15, 0.2) is 0 Å². The van der Waals surface area contributed by atoms with Gasteiger partial charge in [-0.15, -0.1) is 0 Å². The van der Waals surface area contributed by atoms with E-state index < -0.39 is 5.92 Å². The van der Waals surface area contributed by atoms with Crippen LogP contribution in [0.3, 0.4) is 0 Å². The van der Waals surface area contributed by atoms with E-state index >= 15 is 0 Å². The van der Waals surface area contributed by atoms with Crippen molar-refractivity contribution in [3.8, 4) is 11.4 Å². The fourth-order valence-electron chi connectivity index (χ4n) is 3.05. The zero-order valence-electron chi connectivity index (χ0n) is 14.4. The number of nitrogens with one attached hydrogen (secondary N) is 2. The quantitative estimate of drug-likeness (QED) is 0.745. The summed E-state index contributed by atoms with van der Waals surface area (Å²) in [6, 6.07) is 14.8. The number of carbonyl (C=O) groups is 2. The van der Waals surface area contributed by atoms with E-state index in [1.807, 2.05) is 42.5 Å². The third kappa shape index (κ3) is 3.67. The molecule has 2 N–H and O–H groups in total. The van der Waals surface area contributed by atoms with E-state index in [1.165, 1.54) is 0 Å². The van der Waals surface area contributed by atoms with Crippen molar-refractivity contribution in [1.29, 1.82) is 0 Å². The first-order valence-electron chi connectivity index (χ1n) is 8.60. The molecule has 0 spiro atoms. The molecular weight excluding hydrogens is 342 g/mol. The second-order valence-corrected chi connectivity index (χ2v) is 6.19. The van der Waals surface area contributed by atoms with Gasteiger partial charge >= 0.3 is 0 Å². The minimum absolute atomic E-state index is 0.103. The molecule has 134 valence electrons. The molecule has 0 saturated heterocycles. The summed E-state index contributed by atoms with van der Waals surface area (Å²) >= 11 is 0. The molecule has 27 heavy (non-hydrogen) atoms. The number of fused-ring (bicyclic) bond motifs is 1. The molecule has 0 saturated carbocycles. The zero-order valence-corrected chi connectivity index (χ0v) is 14.4. The van der Waals surface area contributed by atoms with Crippen molar-refractivity contribution < 1.29 is 9.59 Å². The van der Waals surface area contributed by atoms with Gasteiger partial charge in [-0.1, -0.05) is 18.2 Å². The van der Waals surface area contributed by atoms with Gasteiger partial charge in [-0.05, 0) is 30.3 Å². The Morgan fingerprint density at radius 3 is 2.74 bits per heavy atom. The van der Waals surface area contributed by atoms with Crippen LogP contribution in [0, 0.1) is 0 Å². The van der Waals surface area contributed by atoms with Gasteiger partial charge in [0.05, 0.1) is 29.5 Å². The van der Waals surface area contributed by atoms with Crippen LogP contribution < -0.4 is 10.6 Å². The van der Waals surface area contributed by atoms with E-state index in [0.717, 1.165) is 22.6 Å². The Kier molecular flexibility index (Phi) is 4.57. The summed E-state index contributed by atoms with van der Waals surface area (Å²) in [6.07, 6.45) is 3.41. The highest BCUT2D eigenvalue weighted by molar-refractivity contribution is 6.00.